The first-order valence-corrected chi connectivity index (χ1v) is 6.91. The van der Waals surface area contributed by atoms with E-state index in [1.807, 2.05) is 12.1 Å². The van der Waals surface area contributed by atoms with Gasteiger partial charge in [-0.2, -0.15) is 0 Å². The Balaban J connectivity index is 1.96. The molecule has 2 aromatic carbocycles. The SMILES string of the molecule is Nc1ccc2c(c1)CCC2(O)Cc1ccc(Cl)cc1F. The number of fused-ring (bicyclic) bond motifs is 1. The molecule has 20 heavy (non-hydrogen) atoms. The summed E-state index contributed by atoms with van der Waals surface area (Å²) in [6.07, 6.45) is 1.58. The summed E-state index contributed by atoms with van der Waals surface area (Å²) in [4.78, 5) is 0. The number of anilines is 1. The summed E-state index contributed by atoms with van der Waals surface area (Å²) in [5.41, 5.74) is 7.78. The number of aliphatic hydroxyl groups is 1. The van der Waals surface area contributed by atoms with Crippen LogP contribution in [-0.4, -0.2) is 5.11 Å². The van der Waals surface area contributed by atoms with Crippen LogP contribution in [0.5, 0.6) is 0 Å². The molecule has 1 unspecified atom stereocenters. The lowest BCUT2D eigenvalue weighted by atomic mass is 9.88. The number of rotatable bonds is 2. The molecule has 2 aromatic rings. The molecule has 3 rings (SSSR count). The van der Waals surface area contributed by atoms with Crippen molar-refractivity contribution in [3.05, 3.63) is 63.9 Å². The fourth-order valence-electron chi connectivity index (χ4n) is 2.91. The molecule has 1 aliphatic rings. The molecule has 2 nitrogen and oxygen atoms in total. The lowest BCUT2D eigenvalue weighted by Crippen LogP contribution is -2.25. The Hall–Kier alpha value is -1.58. The molecule has 0 aromatic heterocycles. The maximum Gasteiger partial charge on any atom is 0.127 e. The summed E-state index contributed by atoms with van der Waals surface area (Å²) in [5, 5.41) is 11.2. The number of hydrogen-bond donors (Lipinski definition) is 2. The first kappa shape index (κ1) is 13.4. The third-order valence-electron chi connectivity index (χ3n) is 3.94. The fraction of sp³-hybridized carbons (Fsp3) is 0.250. The van der Waals surface area contributed by atoms with Crippen molar-refractivity contribution in [2.45, 2.75) is 24.9 Å². The van der Waals surface area contributed by atoms with Gasteiger partial charge in [-0.15, -0.1) is 0 Å². The molecule has 0 aliphatic heterocycles. The van der Waals surface area contributed by atoms with E-state index in [4.69, 9.17) is 17.3 Å². The van der Waals surface area contributed by atoms with Gasteiger partial charge < -0.3 is 10.8 Å². The van der Waals surface area contributed by atoms with Crippen LogP contribution in [-0.2, 0) is 18.4 Å². The summed E-state index contributed by atoms with van der Waals surface area (Å²) in [6, 6.07) is 10.0. The van der Waals surface area contributed by atoms with Crippen molar-refractivity contribution in [3.63, 3.8) is 0 Å². The zero-order chi connectivity index (χ0) is 14.3. The highest BCUT2D eigenvalue weighted by atomic mass is 35.5. The number of halogens is 2. The summed E-state index contributed by atoms with van der Waals surface area (Å²) in [6.45, 7) is 0. The number of aryl methyl sites for hydroxylation is 1. The summed E-state index contributed by atoms with van der Waals surface area (Å²) < 4.78 is 13.9. The van der Waals surface area contributed by atoms with Crippen molar-refractivity contribution in [1.82, 2.24) is 0 Å². The average Bonchev–Trinajstić information content (AvgIpc) is 2.70. The molecule has 0 saturated carbocycles. The average molecular weight is 292 g/mol. The van der Waals surface area contributed by atoms with E-state index in [2.05, 4.69) is 0 Å². The first-order valence-electron chi connectivity index (χ1n) is 6.53. The molecule has 0 amide bonds. The Kier molecular flexibility index (Phi) is 3.19. The highest BCUT2D eigenvalue weighted by molar-refractivity contribution is 6.30. The van der Waals surface area contributed by atoms with Gasteiger partial charge in [-0.25, -0.2) is 4.39 Å². The number of hydrogen-bond acceptors (Lipinski definition) is 2. The minimum absolute atomic E-state index is 0.243. The van der Waals surface area contributed by atoms with Crippen LogP contribution in [0.25, 0.3) is 0 Å². The van der Waals surface area contributed by atoms with E-state index in [9.17, 15) is 9.50 Å². The Morgan fingerprint density at radius 1 is 1.25 bits per heavy atom. The second-order valence-corrected chi connectivity index (χ2v) is 5.80. The van der Waals surface area contributed by atoms with Crippen LogP contribution >= 0.6 is 11.6 Å². The van der Waals surface area contributed by atoms with Gasteiger partial charge in [0.05, 0.1) is 5.60 Å². The Morgan fingerprint density at radius 3 is 2.80 bits per heavy atom. The zero-order valence-electron chi connectivity index (χ0n) is 10.9. The predicted octanol–water partition coefficient (Wildman–Crippen LogP) is 3.44. The molecule has 4 heteroatoms. The Bertz CT molecular complexity index is 674. The van der Waals surface area contributed by atoms with Gasteiger partial charge in [0.15, 0.2) is 0 Å². The van der Waals surface area contributed by atoms with Gasteiger partial charge in [-0.1, -0.05) is 23.7 Å². The van der Waals surface area contributed by atoms with Crippen molar-refractivity contribution in [2.75, 3.05) is 5.73 Å². The standard InChI is InChI=1S/C16H15ClFNO/c17-12-2-1-11(15(18)8-12)9-16(20)6-5-10-7-13(19)3-4-14(10)16/h1-4,7-8,20H,5-6,9,19H2. The van der Waals surface area contributed by atoms with Crippen molar-refractivity contribution < 1.29 is 9.50 Å². The summed E-state index contributed by atoms with van der Waals surface area (Å²) in [5.74, 6) is -0.380. The lowest BCUT2D eigenvalue weighted by Gasteiger charge is -2.24. The van der Waals surface area contributed by atoms with Crippen molar-refractivity contribution >= 4 is 17.3 Å². The second-order valence-electron chi connectivity index (χ2n) is 5.36. The van der Waals surface area contributed by atoms with Gasteiger partial charge >= 0.3 is 0 Å². The third kappa shape index (κ3) is 2.28. The molecular formula is C16H15ClFNO. The smallest absolute Gasteiger partial charge is 0.127 e. The molecular weight excluding hydrogens is 277 g/mol. The molecule has 0 bridgehead atoms. The molecule has 0 saturated heterocycles. The van der Waals surface area contributed by atoms with Crippen LogP contribution in [0.2, 0.25) is 5.02 Å². The van der Waals surface area contributed by atoms with Gasteiger partial charge in [0.1, 0.15) is 5.82 Å². The Labute approximate surface area is 122 Å². The molecule has 0 radical (unpaired) electrons. The van der Waals surface area contributed by atoms with E-state index in [1.54, 1.807) is 18.2 Å². The second kappa shape index (κ2) is 4.76. The van der Waals surface area contributed by atoms with Gasteiger partial charge in [-0.05, 0) is 53.8 Å². The monoisotopic (exact) mass is 291 g/mol. The summed E-state index contributed by atoms with van der Waals surface area (Å²) >= 11 is 5.75. The molecule has 0 heterocycles. The minimum Gasteiger partial charge on any atom is -0.399 e. The quantitative estimate of drug-likeness (QED) is 0.833. The van der Waals surface area contributed by atoms with Crippen molar-refractivity contribution in [2.24, 2.45) is 0 Å². The lowest BCUT2D eigenvalue weighted by molar-refractivity contribution is 0.0381. The van der Waals surface area contributed by atoms with Crippen molar-refractivity contribution in [3.8, 4) is 0 Å². The predicted molar refractivity (Wildman–Crippen MR) is 78.2 cm³/mol. The largest absolute Gasteiger partial charge is 0.399 e. The van der Waals surface area contributed by atoms with Crippen LogP contribution < -0.4 is 5.73 Å². The zero-order valence-corrected chi connectivity index (χ0v) is 11.6. The number of nitrogens with two attached hydrogens (primary N) is 1. The third-order valence-corrected chi connectivity index (χ3v) is 4.17. The van der Waals surface area contributed by atoms with E-state index in [1.165, 1.54) is 6.07 Å². The van der Waals surface area contributed by atoms with Crippen molar-refractivity contribution in [1.29, 1.82) is 0 Å². The van der Waals surface area contributed by atoms with Gasteiger partial charge in [-0.3, -0.25) is 0 Å². The van der Waals surface area contributed by atoms with E-state index in [-0.39, 0.29) is 12.2 Å². The number of nitrogen functional groups attached to an aromatic ring is 1. The highest BCUT2D eigenvalue weighted by Gasteiger charge is 2.37. The van der Waals surface area contributed by atoms with E-state index < -0.39 is 5.60 Å². The first-order chi connectivity index (χ1) is 9.48. The molecule has 0 spiro atoms. The minimum atomic E-state index is -1.03. The maximum absolute atomic E-state index is 13.9. The Morgan fingerprint density at radius 2 is 2.05 bits per heavy atom. The van der Waals surface area contributed by atoms with Crippen LogP contribution in [0, 0.1) is 5.82 Å². The molecule has 0 fully saturated rings. The molecule has 1 atom stereocenters. The maximum atomic E-state index is 13.9. The van der Waals surface area contributed by atoms with E-state index in [0.717, 1.165) is 17.5 Å². The molecule has 1 aliphatic carbocycles. The summed E-state index contributed by atoms with van der Waals surface area (Å²) in [7, 11) is 0. The van der Waals surface area contributed by atoms with Crippen LogP contribution in [0.4, 0.5) is 10.1 Å². The van der Waals surface area contributed by atoms with Crippen LogP contribution in [0.15, 0.2) is 36.4 Å². The molecule has 3 N–H and O–H groups in total. The normalized spacial score (nSPS) is 20.9. The van der Waals surface area contributed by atoms with E-state index in [0.29, 0.717) is 22.7 Å². The molecule has 104 valence electrons. The topological polar surface area (TPSA) is 46.2 Å². The highest BCUT2D eigenvalue weighted by Crippen LogP contribution is 2.40. The van der Waals surface area contributed by atoms with Gasteiger partial charge in [0.25, 0.3) is 0 Å². The fourth-order valence-corrected chi connectivity index (χ4v) is 3.07. The van der Waals surface area contributed by atoms with E-state index >= 15 is 0 Å². The van der Waals surface area contributed by atoms with Gasteiger partial charge in [0, 0.05) is 17.1 Å². The van der Waals surface area contributed by atoms with Crippen LogP contribution in [0.3, 0.4) is 0 Å². The number of benzene rings is 2. The van der Waals surface area contributed by atoms with Crippen LogP contribution in [0.1, 0.15) is 23.1 Å². The van der Waals surface area contributed by atoms with Gasteiger partial charge in [0.2, 0.25) is 0 Å².